The van der Waals surface area contributed by atoms with Crippen molar-refractivity contribution in [3.05, 3.63) is 73.4 Å². The van der Waals surface area contributed by atoms with E-state index in [1.54, 1.807) is 0 Å². The van der Waals surface area contributed by atoms with Gasteiger partial charge in [-0.15, -0.1) is 0 Å². The van der Waals surface area contributed by atoms with Crippen LogP contribution < -0.4 is 16.3 Å². The van der Waals surface area contributed by atoms with Crippen LogP contribution in [-0.4, -0.2) is 75.1 Å². The van der Waals surface area contributed by atoms with Crippen molar-refractivity contribution >= 4 is 51.9 Å². The third-order valence-corrected chi connectivity index (χ3v) is 8.15. The van der Waals surface area contributed by atoms with E-state index in [0.717, 1.165) is 19.4 Å². The van der Waals surface area contributed by atoms with Gasteiger partial charge in [0.05, 0.1) is 53.2 Å². The molecular weight excluding hydrogens is 592 g/mol. The minimum atomic E-state index is -2.16. The summed E-state index contributed by atoms with van der Waals surface area (Å²) in [6.07, 6.45) is 1.77. The average Bonchev–Trinajstić information content (AvgIpc) is 3.48. The minimum Gasteiger partial charge on any atom is -0.507 e. The zero-order chi connectivity index (χ0) is 32.5. The second kappa shape index (κ2) is 9.97. The number of nitrogens with one attached hydrogen (secondary N) is 3. The summed E-state index contributed by atoms with van der Waals surface area (Å²) in [5.41, 5.74) is -3.25. The number of rotatable bonds is 5. The van der Waals surface area contributed by atoms with Crippen LogP contribution in [0.3, 0.4) is 0 Å². The summed E-state index contributed by atoms with van der Waals surface area (Å²) in [7, 11) is 1.12. The van der Waals surface area contributed by atoms with Crippen molar-refractivity contribution in [3.8, 4) is 17.2 Å². The first kappa shape index (κ1) is 29.0. The highest BCUT2D eigenvalue weighted by atomic mass is 16.5. The normalized spacial score (nSPS) is 18.3. The van der Waals surface area contributed by atoms with Gasteiger partial charge < -0.3 is 30.4 Å². The van der Waals surface area contributed by atoms with Gasteiger partial charge in [0.2, 0.25) is 11.7 Å². The molecule has 3 aliphatic carbocycles. The maximum atomic E-state index is 14.1. The molecule has 15 nitrogen and oxygen atoms in total. The van der Waals surface area contributed by atoms with Gasteiger partial charge in [0.15, 0.2) is 23.1 Å². The van der Waals surface area contributed by atoms with E-state index in [2.05, 4.69) is 20.8 Å². The summed E-state index contributed by atoms with van der Waals surface area (Å²) in [6.45, 7) is 0.918. The lowest BCUT2D eigenvalue weighted by Gasteiger charge is -2.22. The SMILES string of the molecule is COC1=CC(=O)c2c(O)c3c(c(O)c2C1=O)C(=O)C1(CCc2cc4cc(C=NNC(=O)CNC(C)=O)[nH]c(=O)c4c(O)c21)C3=O. The lowest BCUT2D eigenvalue weighted by Crippen LogP contribution is -2.36. The van der Waals surface area contributed by atoms with Crippen LogP contribution in [0.25, 0.3) is 10.8 Å². The molecule has 1 spiro atoms. The van der Waals surface area contributed by atoms with Gasteiger partial charge in [-0.3, -0.25) is 33.6 Å². The molecule has 0 aliphatic heterocycles. The number of ether oxygens (including phenoxy) is 1. The number of pyridine rings is 1. The van der Waals surface area contributed by atoms with Crippen molar-refractivity contribution in [3.63, 3.8) is 0 Å². The molecule has 1 unspecified atom stereocenters. The van der Waals surface area contributed by atoms with E-state index in [9.17, 15) is 48.9 Å². The van der Waals surface area contributed by atoms with Crippen LogP contribution >= 0.6 is 0 Å². The topological polar surface area (TPSA) is 242 Å². The maximum absolute atomic E-state index is 14.1. The Labute approximate surface area is 251 Å². The number of methoxy groups -OCH3 is 1. The van der Waals surface area contributed by atoms with E-state index in [0.29, 0.717) is 5.56 Å². The quantitative estimate of drug-likeness (QED) is 0.0994. The molecule has 3 aliphatic rings. The fourth-order valence-electron chi connectivity index (χ4n) is 6.25. The first-order valence-corrected chi connectivity index (χ1v) is 13.4. The lowest BCUT2D eigenvalue weighted by molar-refractivity contribution is -0.125. The summed E-state index contributed by atoms with van der Waals surface area (Å²) >= 11 is 0. The molecule has 2 amide bonds. The zero-order valence-corrected chi connectivity index (χ0v) is 23.5. The molecule has 1 atom stereocenters. The first-order valence-electron chi connectivity index (χ1n) is 13.4. The van der Waals surface area contributed by atoms with E-state index in [1.165, 1.54) is 19.1 Å². The van der Waals surface area contributed by atoms with Crippen molar-refractivity contribution < 1.29 is 48.8 Å². The number of hydrogen-bond acceptors (Lipinski definition) is 12. The molecule has 45 heavy (non-hydrogen) atoms. The molecule has 3 aromatic rings. The number of hydrogen-bond donors (Lipinski definition) is 6. The van der Waals surface area contributed by atoms with Crippen molar-refractivity contribution in [2.45, 2.75) is 25.2 Å². The number of fused-ring (bicyclic) bond motifs is 5. The number of hydrazone groups is 1. The molecule has 6 rings (SSSR count). The molecule has 0 saturated carbocycles. The predicted molar refractivity (Wildman–Crippen MR) is 153 cm³/mol. The third kappa shape index (κ3) is 3.97. The third-order valence-electron chi connectivity index (χ3n) is 8.15. The Bertz CT molecular complexity index is 2110. The number of phenols is 3. The largest absolute Gasteiger partial charge is 0.507 e. The second-order valence-corrected chi connectivity index (χ2v) is 10.6. The number of aromatic nitrogens is 1. The molecule has 15 heteroatoms. The maximum Gasteiger partial charge on any atom is 0.260 e. The summed E-state index contributed by atoms with van der Waals surface area (Å²) in [4.78, 5) is 92.2. The molecular formula is C30H22N4O11. The number of aromatic amines is 1. The van der Waals surface area contributed by atoms with Crippen LogP contribution in [0.4, 0.5) is 0 Å². The first-order chi connectivity index (χ1) is 21.3. The van der Waals surface area contributed by atoms with Crippen molar-refractivity contribution in [2.75, 3.05) is 13.7 Å². The zero-order valence-electron chi connectivity index (χ0n) is 23.5. The number of Topliss-reactive ketones (excluding diaryl/α,β-unsaturated/α-hetero) is 3. The fourth-order valence-corrected chi connectivity index (χ4v) is 6.25. The van der Waals surface area contributed by atoms with Gasteiger partial charge in [-0.25, -0.2) is 5.43 Å². The lowest BCUT2D eigenvalue weighted by atomic mass is 9.76. The number of carbonyl (C=O) groups is 6. The molecule has 0 saturated heterocycles. The van der Waals surface area contributed by atoms with Gasteiger partial charge in [-0.05, 0) is 29.9 Å². The highest BCUT2D eigenvalue weighted by Gasteiger charge is 2.61. The van der Waals surface area contributed by atoms with Crippen molar-refractivity contribution in [2.24, 2.45) is 5.10 Å². The molecule has 0 radical (unpaired) electrons. The predicted octanol–water partition coefficient (Wildman–Crippen LogP) is 0.404. The van der Waals surface area contributed by atoms with E-state index >= 15 is 0 Å². The number of carbonyl (C=O) groups excluding carboxylic acids is 6. The number of aromatic hydroxyl groups is 3. The van der Waals surface area contributed by atoms with E-state index in [4.69, 9.17) is 4.74 Å². The summed E-state index contributed by atoms with van der Waals surface area (Å²) in [5, 5.41) is 39.6. The molecule has 2 aromatic carbocycles. The number of allylic oxidation sites excluding steroid dienone is 2. The van der Waals surface area contributed by atoms with Gasteiger partial charge in [0.1, 0.15) is 22.7 Å². The summed E-state index contributed by atoms with van der Waals surface area (Å²) in [6, 6.07) is 2.93. The van der Waals surface area contributed by atoms with Crippen LogP contribution in [0.2, 0.25) is 0 Å². The van der Waals surface area contributed by atoms with E-state index in [1.807, 2.05) is 0 Å². The van der Waals surface area contributed by atoms with Gasteiger partial charge in [0.25, 0.3) is 11.5 Å². The Morgan fingerprint density at radius 1 is 1.00 bits per heavy atom. The fraction of sp³-hybridized carbons (Fsp3) is 0.200. The molecule has 6 N–H and O–H groups in total. The van der Waals surface area contributed by atoms with Crippen LogP contribution in [0.1, 0.15) is 71.6 Å². The van der Waals surface area contributed by atoms with Gasteiger partial charge in [0, 0.05) is 18.6 Å². The molecule has 1 aromatic heterocycles. The van der Waals surface area contributed by atoms with Crippen LogP contribution in [0.15, 0.2) is 33.9 Å². The Morgan fingerprint density at radius 2 is 1.67 bits per heavy atom. The van der Waals surface area contributed by atoms with Gasteiger partial charge >= 0.3 is 0 Å². The Balaban J connectivity index is 1.44. The van der Waals surface area contributed by atoms with Crippen LogP contribution in [-0.2, 0) is 26.2 Å². The van der Waals surface area contributed by atoms with E-state index in [-0.39, 0.29) is 41.4 Å². The van der Waals surface area contributed by atoms with Crippen molar-refractivity contribution in [1.29, 1.82) is 0 Å². The average molecular weight is 615 g/mol. The standard InChI is InChI=1S/C30H22N4O11/c1-10(35)31-9-16(37)34-32-8-13-6-12-5-11-3-4-30(22(11)26(41)17(12)29(44)33-13)27(42)20-21(28(30)43)25(40)19-18(24(20)39)14(36)7-15(45-2)23(19)38/h5-8,39-41H,3-4,9H2,1-2H3,(H,31,35)(H,33,44)(H,34,37). The summed E-state index contributed by atoms with van der Waals surface area (Å²) < 4.78 is 4.90. The number of H-pyrrole nitrogens is 1. The number of benzene rings is 2. The highest BCUT2D eigenvalue weighted by molar-refractivity contribution is 6.38. The number of phenolic OH excluding ortho intramolecular Hbond substituents is 3. The number of ketones is 4. The number of amides is 2. The molecule has 0 fully saturated rings. The van der Waals surface area contributed by atoms with Gasteiger partial charge in [-0.1, -0.05) is 6.07 Å². The smallest absolute Gasteiger partial charge is 0.260 e. The second-order valence-electron chi connectivity index (χ2n) is 10.6. The number of aryl methyl sites for hydroxylation is 1. The van der Waals surface area contributed by atoms with E-state index < -0.39 is 91.2 Å². The highest BCUT2D eigenvalue weighted by Crippen LogP contribution is 2.57. The minimum absolute atomic E-state index is 0.0637. The van der Waals surface area contributed by atoms with Crippen molar-refractivity contribution in [1.82, 2.24) is 15.7 Å². The summed E-state index contributed by atoms with van der Waals surface area (Å²) in [5.74, 6) is -8.05. The molecule has 228 valence electrons. The van der Waals surface area contributed by atoms with Crippen LogP contribution in [0, 0.1) is 0 Å². The Hall–Kier alpha value is -6.12. The molecule has 1 heterocycles. The van der Waals surface area contributed by atoms with Crippen LogP contribution in [0.5, 0.6) is 17.2 Å². The molecule has 0 bridgehead atoms. The Morgan fingerprint density at radius 3 is 2.31 bits per heavy atom. The number of nitrogens with zero attached hydrogens (tertiary/aromatic N) is 1. The monoisotopic (exact) mass is 614 g/mol. The van der Waals surface area contributed by atoms with Gasteiger partial charge in [-0.2, -0.15) is 5.10 Å². The Kier molecular flexibility index (Phi) is 6.42.